The van der Waals surface area contributed by atoms with Crippen molar-refractivity contribution in [2.45, 2.75) is 12.7 Å². The number of hydrogen-bond acceptors (Lipinski definition) is 4. The molecule has 1 aliphatic rings. The minimum atomic E-state index is -0.752. The summed E-state index contributed by atoms with van der Waals surface area (Å²) in [6, 6.07) is 2.76. The first-order chi connectivity index (χ1) is 7.15. The van der Waals surface area contributed by atoms with Gasteiger partial charge in [0.25, 0.3) is 0 Å². The molecule has 1 heterocycles. The molecule has 2 rings (SSSR count). The van der Waals surface area contributed by atoms with Crippen LogP contribution >= 0.6 is 11.9 Å². The zero-order chi connectivity index (χ0) is 11.0. The van der Waals surface area contributed by atoms with Gasteiger partial charge in [-0.1, -0.05) is 0 Å². The molecular weight excluding hydrogens is 219 g/mol. The fourth-order valence-electron chi connectivity index (χ4n) is 1.64. The summed E-state index contributed by atoms with van der Waals surface area (Å²) in [5.41, 5.74) is 0.874. The number of fused-ring (bicyclic) bond motifs is 1. The van der Waals surface area contributed by atoms with Crippen molar-refractivity contribution in [2.24, 2.45) is 0 Å². The first kappa shape index (κ1) is 10.2. The molecule has 4 nitrogen and oxygen atoms in total. The average Bonchev–Trinajstić information content (AvgIpc) is 2.59. The van der Waals surface area contributed by atoms with Gasteiger partial charge in [-0.05, 0) is 31.0 Å². The summed E-state index contributed by atoms with van der Waals surface area (Å²) in [4.78, 5) is 10.1. The van der Waals surface area contributed by atoms with Crippen molar-refractivity contribution < 1.29 is 9.31 Å². The molecule has 0 amide bonds. The Hall–Kier alpha value is -1.30. The van der Waals surface area contributed by atoms with E-state index in [1.807, 2.05) is 11.2 Å². The third kappa shape index (κ3) is 1.54. The van der Waals surface area contributed by atoms with Crippen molar-refractivity contribution in [3.8, 4) is 0 Å². The van der Waals surface area contributed by atoms with Crippen LogP contribution in [0.15, 0.2) is 12.1 Å². The van der Waals surface area contributed by atoms with E-state index in [2.05, 4.69) is 0 Å². The highest BCUT2D eigenvalue weighted by Gasteiger charge is 2.30. The van der Waals surface area contributed by atoms with Gasteiger partial charge in [-0.3, -0.25) is 10.1 Å². The molecule has 0 spiro atoms. The van der Waals surface area contributed by atoms with Crippen molar-refractivity contribution in [1.29, 1.82) is 0 Å². The minimum Gasteiger partial charge on any atom is -0.316 e. The van der Waals surface area contributed by atoms with Crippen molar-refractivity contribution in [3.05, 3.63) is 33.6 Å². The van der Waals surface area contributed by atoms with Crippen molar-refractivity contribution in [1.82, 2.24) is 0 Å². The minimum absolute atomic E-state index is 0.379. The number of halogens is 1. The molecule has 0 aliphatic carbocycles. The van der Waals surface area contributed by atoms with Crippen molar-refractivity contribution >= 4 is 23.3 Å². The highest BCUT2D eigenvalue weighted by Crippen LogP contribution is 2.43. The van der Waals surface area contributed by atoms with Crippen LogP contribution in [0.2, 0.25) is 0 Å². The second kappa shape index (κ2) is 3.69. The van der Waals surface area contributed by atoms with Gasteiger partial charge in [0, 0.05) is 12.3 Å². The van der Waals surface area contributed by atoms with Gasteiger partial charge in [0.05, 0.1) is 16.2 Å². The van der Waals surface area contributed by atoms with E-state index in [-0.39, 0.29) is 5.69 Å². The molecule has 1 aromatic carbocycles. The lowest BCUT2D eigenvalue weighted by molar-refractivity contribution is -0.388. The summed E-state index contributed by atoms with van der Waals surface area (Å²) in [6.45, 7) is 2.71. The van der Waals surface area contributed by atoms with Crippen LogP contribution in [0.1, 0.15) is 12.5 Å². The average molecular weight is 228 g/mol. The van der Waals surface area contributed by atoms with Crippen LogP contribution < -0.4 is 4.31 Å². The molecule has 0 saturated heterocycles. The van der Waals surface area contributed by atoms with Gasteiger partial charge in [0.1, 0.15) is 0 Å². The SMILES string of the molecule is CCN1SCc2c1ccc(F)c2[N+](=O)[O-]. The van der Waals surface area contributed by atoms with E-state index < -0.39 is 10.7 Å². The molecule has 1 aromatic rings. The van der Waals surface area contributed by atoms with Crippen LogP contribution in [0.3, 0.4) is 0 Å². The van der Waals surface area contributed by atoms with Gasteiger partial charge >= 0.3 is 5.69 Å². The largest absolute Gasteiger partial charge is 0.316 e. The Labute approximate surface area is 90.4 Å². The van der Waals surface area contributed by atoms with Crippen LogP contribution in [-0.2, 0) is 5.75 Å². The fraction of sp³-hybridized carbons (Fsp3) is 0.333. The predicted molar refractivity (Wildman–Crippen MR) is 57.4 cm³/mol. The van der Waals surface area contributed by atoms with Gasteiger partial charge in [-0.2, -0.15) is 4.39 Å². The van der Waals surface area contributed by atoms with Gasteiger partial charge in [0.2, 0.25) is 5.82 Å². The normalized spacial score (nSPS) is 14.1. The number of rotatable bonds is 2. The van der Waals surface area contributed by atoms with Gasteiger partial charge in [-0.25, -0.2) is 0 Å². The monoisotopic (exact) mass is 228 g/mol. The Morgan fingerprint density at radius 2 is 2.40 bits per heavy atom. The van der Waals surface area contributed by atoms with Gasteiger partial charge in [0.15, 0.2) is 0 Å². The third-order valence-corrected chi connectivity index (χ3v) is 3.50. The molecule has 15 heavy (non-hydrogen) atoms. The molecule has 6 heteroatoms. The van der Waals surface area contributed by atoms with Gasteiger partial charge in [-0.15, -0.1) is 0 Å². The number of benzene rings is 1. The molecule has 0 N–H and O–H groups in total. The van der Waals surface area contributed by atoms with E-state index in [9.17, 15) is 14.5 Å². The van der Waals surface area contributed by atoms with E-state index in [0.717, 1.165) is 18.3 Å². The second-order valence-corrected chi connectivity index (χ2v) is 4.11. The number of nitro benzene ring substituents is 1. The summed E-state index contributed by atoms with van der Waals surface area (Å²) in [5.74, 6) is -0.283. The smallest absolute Gasteiger partial charge is 0.310 e. The molecule has 0 bridgehead atoms. The standard InChI is InChI=1S/C9H9FN2O2S/c1-2-11-8-4-3-7(10)9(12(13)14)6(8)5-15-11/h3-4H,2,5H2,1H3. The van der Waals surface area contributed by atoms with Crippen molar-refractivity contribution in [3.63, 3.8) is 0 Å². The molecule has 0 radical (unpaired) electrons. The topological polar surface area (TPSA) is 46.4 Å². The molecule has 1 aliphatic heterocycles. The predicted octanol–water partition coefficient (Wildman–Crippen LogP) is 2.72. The molecule has 0 unspecified atom stereocenters. The summed E-state index contributed by atoms with van der Waals surface area (Å²) in [7, 11) is 0. The Morgan fingerprint density at radius 1 is 1.67 bits per heavy atom. The lowest BCUT2D eigenvalue weighted by atomic mass is 10.1. The van der Waals surface area contributed by atoms with Crippen LogP contribution in [0.4, 0.5) is 15.8 Å². The maximum Gasteiger partial charge on any atom is 0.310 e. The first-order valence-corrected chi connectivity index (χ1v) is 5.45. The van der Waals surface area contributed by atoms with Crippen LogP contribution in [0.25, 0.3) is 0 Å². The van der Waals surface area contributed by atoms with E-state index in [1.165, 1.54) is 11.9 Å². The second-order valence-electron chi connectivity index (χ2n) is 3.12. The van der Waals surface area contributed by atoms with E-state index in [0.29, 0.717) is 11.3 Å². The molecular formula is C9H9FN2O2S. The zero-order valence-corrected chi connectivity index (χ0v) is 8.88. The summed E-state index contributed by atoms with van der Waals surface area (Å²) < 4.78 is 15.2. The zero-order valence-electron chi connectivity index (χ0n) is 8.07. The lowest BCUT2D eigenvalue weighted by Gasteiger charge is -2.14. The van der Waals surface area contributed by atoms with E-state index in [4.69, 9.17) is 0 Å². The maximum atomic E-state index is 13.3. The van der Waals surface area contributed by atoms with Crippen LogP contribution in [0.5, 0.6) is 0 Å². The van der Waals surface area contributed by atoms with E-state index in [1.54, 1.807) is 6.07 Å². The quantitative estimate of drug-likeness (QED) is 0.443. The molecule has 80 valence electrons. The fourth-order valence-corrected chi connectivity index (χ4v) is 2.71. The van der Waals surface area contributed by atoms with Crippen LogP contribution in [-0.4, -0.2) is 11.5 Å². The van der Waals surface area contributed by atoms with Crippen molar-refractivity contribution in [2.75, 3.05) is 10.8 Å². The number of nitrogens with zero attached hydrogens (tertiary/aromatic N) is 2. The van der Waals surface area contributed by atoms with E-state index >= 15 is 0 Å². The summed E-state index contributed by atoms with van der Waals surface area (Å²) >= 11 is 1.47. The number of hydrogen-bond donors (Lipinski definition) is 0. The summed E-state index contributed by atoms with van der Waals surface area (Å²) in [6.07, 6.45) is 0. The Balaban J connectivity index is 2.58. The Morgan fingerprint density at radius 3 is 3.00 bits per heavy atom. The molecule has 0 fully saturated rings. The lowest BCUT2D eigenvalue weighted by Crippen LogP contribution is -2.09. The first-order valence-electron chi connectivity index (χ1n) is 4.51. The summed E-state index contributed by atoms with van der Waals surface area (Å²) in [5, 5.41) is 10.7. The number of nitro groups is 1. The van der Waals surface area contributed by atoms with Gasteiger partial charge < -0.3 is 4.31 Å². The van der Waals surface area contributed by atoms with Crippen LogP contribution in [0, 0.1) is 15.9 Å². The Bertz CT molecular complexity index is 425. The highest BCUT2D eigenvalue weighted by atomic mass is 32.2. The Kier molecular flexibility index (Phi) is 2.52. The molecule has 0 saturated carbocycles. The third-order valence-electron chi connectivity index (χ3n) is 2.31. The maximum absolute atomic E-state index is 13.3. The molecule has 0 aromatic heterocycles. The number of anilines is 1. The highest BCUT2D eigenvalue weighted by molar-refractivity contribution is 8.00. The molecule has 0 atom stereocenters.